The molecule has 0 radical (unpaired) electrons. The third kappa shape index (κ3) is 6.77. The first-order valence-electron chi connectivity index (χ1n) is 11.8. The summed E-state index contributed by atoms with van der Waals surface area (Å²) in [6.45, 7) is 4.71. The predicted molar refractivity (Wildman–Crippen MR) is 145 cm³/mol. The second kappa shape index (κ2) is 12.2. The van der Waals surface area contributed by atoms with E-state index in [9.17, 15) is 9.59 Å². The number of hydrogen-bond acceptors (Lipinski definition) is 6. The molecule has 1 heterocycles. The molecule has 0 bridgehead atoms. The molecule has 37 heavy (non-hydrogen) atoms. The summed E-state index contributed by atoms with van der Waals surface area (Å²) in [6, 6.07) is 22.7. The monoisotopic (exact) mass is 515 g/mol. The van der Waals surface area contributed by atoms with Gasteiger partial charge in [-0.2, -0.15) is 0 Å². The molecule has 8 nitrogen and oxygen atoms in total. The number of carbonyl (C=O) groups excluding carboxylic acids is 2. The lowest BCUT2D eigenvalue weighted by Crippen LogP contribution is -2.25. The third-order valence-corrected chi connectivity index (χ3v) is 6.91. The fourth-order valence-electron chi connectivity index (χ4n) is 3.69. The number of benzene rings is 3. The Kier molecular flexibility index (Phi) is 8.58. The number of thioether (sulfide) groups is 1. The molecule has 4 aromatic rings. The average molecular weight is 516 g/mol. The van der Waals surface area contributed by atoms with Gasteiger partial charge in [0.15, 0.2) is 11.0 Å². The molecule has 0 spiro atoms. The van der Waals surface area contributed by atoms with Crippen LogP contribution in [0.25, 0.3) is 0 Å². The summed E-state index contributed by atoms with van der Waals surface area (Å²) >= 11 is 1.31. The zero-order chi connectivity index (χ0) is 26.2. The van der Waals surface area contributed by atoms with Gasteiger partial charge in [0.2, 0.25) is 5.91 Å². The Morgan fingerprint density at radius 2 is 1.70 bits per heavy atom. The molecule has 0 atom stereocenters. The van der Waals surface area contributed by atoms with Crippen LogP contribution in [-0.4, -0.2) is 39.4 Å². The third-order valence-electron chi connectivity index (χ3n) is 5.95. The predicted octanol–water partition coefficient (Wildman–Crippen LogP) is 4.61. The molecular formula is C28H29N5O3S. The van der Waals surface area contributed by atoms with E-state index >= 15 is 0 Å². The van der Waals surface area contributed by atoms with E-state index in [0.717, 1.165) is 22.4 Å². The van der Waals surface area contributed by atoms with Gasteiger partial charge in [0.25, 0.3) is 5.91 Å². The number of aryl methyl sites for hydroxylation is 1. The van der Waals surface area contributed by atoms with Crippen molar-refractivity contribution in [3.05, 3.63) is 101 Å². The van der Waals surface area contributed by atoms with Crippen LogP contribution in [-0.2, 0) is 17.9 Å². The van der Waals surface area contributed by atoms with E-state index < -0.39 is 0 Å². The lowest BCUT2D eigenvalue weighted by Gasteiger charge is -2.12. The number of ether oxygens (including phenoxy) is 1. The molecule has 0 saturated carbocycles. The lowest BCUT2D eigenvalue weighted by atomic mass is 10.1. The zero-order valence-electron chi connectivity index (χ0n) is 21.0. The standard InChI is InChI=1S/C28H29N5O3S/c1-19-8-7-11-24(20(19)2)30-26(34)18-37-28-32-31-25(33(28)17-21-9-5-4-6-10-21)16-29-27(35)22-12-14-23(36-3)15-13-22/h4-15H,16-18H2,1-3H3,(H,29,35)(H,30,34). The van der Waals surface area contributed by atoms with Crippen LogP contribution in [0.1, 0.15) is 32.9 Å². The molecule has 0 aliphatic carbocycles. The molecule has 2 amide bonds. The summed E-state index contributed by atoms with van der Waals surface area (Å²) in [4.78, 5) is 25.4. The summed E-state index contributed by atoms with van der Waals surface area (Å²) < 4.78 is 7.08. The molecule has 3 aromatic carbocycles. The topological polar surface area (TPSA) is 98.1 Å². The second-order valence-corrected chi connectivity index (χ2v) is 9.41. The largest absolute Gasteiger partial charge is 0.497 e. The van der Waals surface area contributed by atoms with Crippen molar-refractivity contribution in [3.63, 3.8) is 0 Å². The van der Waals surface area contributed by atoms with Gasteiger partial charge in [-0.05, 0) is 60.9 Å². The molecule has 4 rings (SSSR count). The number of aromatic nitrogens is 3. The summed E-state index contributed by atoms with van der Waals surface area (Å²) in [6.07, 6.45) is 0. The number of rotatable bonds is 10. The quantitative estimate of drug-likeness (QED) is 0.299. The Bertz CT molecular complexity index is 1370. The van der Waals surface area contributed by atoms with E-state index in [-0.39, 0.29) is 24.1 Å². The molecule has 2 N–H and O–H groups in total. The summed E-state index contributed by atoms with van der Waals surface area (Å²) in [5, 5.41) is 15.1. The highest BCUT2D eigenvalue weighted by Crippen LogP contribution is 2.22. The van der Waals surface area contributed by atoms with Crippen LogP contribution in [0.2, 0.25) is 0 Å². The minimum Gasteiger partial charge on any atom is -0.497 e. The maximum absolute atomic E-state index is 12.7. The first-order valence-corrected chi connectivity index (χ1v) is 12.8. The van der Waals surface area contributed by atoms with Gasteiger partial charge in [-0.1, -0.05) is 54.2 Å². The first kappa shape index (κ1) is 26.0. The molecule has 0 saturated heterocycles. The SMILES string of the molecule is COc1ccc(C(=O)NCc2nnc(SCC(=O)Nc3cccc(C)c3C)n2Cc2ccccc2)cc1. The van der Waals surface area contributed by atoms with Gasteiger partial charge < -0.3 is 19.9 Å². The Morgan fingerprint density at radius 1 is 0.946 bits per heavy atom. The first-order chi connectivity index (χ1) is 17.9. The number of amides is 2. The summed E-state index contributed by atoms with van der Waals surface area (Å²) in [7, 11) is 1.58. The minimum absolute atomic E-state index is 0.123. The summed E-state index contributed by atoms with van der Waals surface area (Å²) in [5.41, 5.74) is 4.55. The molecular weight excluding hydrogens is 486 g/mol. The van der Waals surface area contributed by atoms with Gasteiger partial charge in [0.05, 0.1) is 26.0 Å². The molecule has 0 aliphatic heterocycles. The highest BCUT2D eigenvalue weighted by molar-refractivity contribution is 7.99. The number of nitrogens with one attached hydrogen (secondary N) is 2. The maximum Gasteiger partial charge on any atom is 0.251 e. The van der Waals surface area contributed by atoms with Gasteiger partial charge in [0, 0.05) is 11.3 Å². The highest BCUT2D eigenvalue weighted by atomic mass is 32.2. The van der Waals surface area contributed by atoms with Crippen LogP contribution in [0, 0.1) is 13.8 Å². The fraction of sp³-hybridized carbons (Fsp3) is 0.214. The summed E-state index contributed by atoms with van der Waals surface area (Å²) in [5.74, 6) is 1.12. The van der Waals surface area contributed by atoms with Crippen LogP contribution in [0.15, 0.2) is 78.0 Å². The minimum atomic E-state index is -0.223. The smallest absolute Gasteiger partial charge is 0.251 e. The molecule has 0 fully saturated rings. The van der Waals surface area contributed by atoms with E-state index in [1.807, 2.05) is 66.9 Å². The van der Waals surface area contributed by atoms with E-state index in [0.29, 0.717) is 28.8 Å². The normalized spacial score (nSPS) is 10.7. The van der Waals surface area contributed by atoms with Crippen LogP contribution >= 0.6 is 11.8 Å². The van der Waals surface area contributed by atoms with Crippen molar-refractivity contribution < 1.29 is 14.3 Å². The van der Waals surface area contributed by atoms with Gasteiger partial charge in [-0.15, -0.1) is 10.2 Å². The van der Waals surface area contributed by atoms with Gasteiger partial charge >= 0.3 is 0 Å². The molecule has 0 unspecified atom stereocenters. The van der Waals surface area contributed by atoms with Crippen LogP contribution in [0.5, 0.6) is 5.75 Å². The highest BCUT2D eigenvalue weighted by Gasteiger charge is 2.16. The van der Waals surface area contributed by atoms with Gasteiger partial charge in [-0.25, -0.2) is 0 Å². The molecule has 1 aromatic heterocycles. The Labute approximate surface area is 220 Å². The van der Waals surface area contributed by atoms with Gasteiger partial charge in [-0.3, -0.25) is 9.59 Å². The number of carbonyl (C=O) groups is 2. The van der Waals surface area contributed by atoms with Crippen LogP contribution in [0.3, 0.4) is 0 Å². The van der Waals surface area contributed by atoms with E-state index in [2.05, 4.69) is 20.8 Å². The van der Waals surface area contributed by atoms with Crippen molar-refractivity contribution in [3.8, 4) is 5.75 Å². The Hall–Kier alpha value is -4.11. The lowest BCUT2D eigenvalue weighted by molar-refractivity contribution is -0.113. The van der Waals surface area contributed by atoms with Crippen molar-refractivity contribution in [1.29, 1.82) is 0 Å². The number of hydrogen-bond donors (Lipinski definition) is 2. The van der Waals surface area contributed by atoms with E-state index in [1.54, 1.807) is 31.4 Å². The van der Waals surface area contributed by atoms with Crippen molar-refractivity contribution in [2.75, 3.05) is 18.2 Å². The molecule has 9 heteroatoms. The Morgan fingerprint density at radius 3 is 2.43 bits per heavy atom. The van der Waals surface area contributed by atoms with E-state index in [4.69, 9.17) is 4.74 Å². The zero-order valence-corrected chi connectivity index (χ0v) is 21.8. The van der Waals surface area contributed by atoms with Crippen molar-refractivity contribution in [2.45, 2.75) is 32.1 Å². The number of methoxy groups -OCH3 is 1. The number of nitrogens with zero attached hydrogens (tertiary/aromatic N) is 3. The van der Waals surface area contributed by atoms with Crippen molar-refractivity contribution in [2.24, 2.45) is 0 Å². The molecule has 190 valence electrons. The number of anilines is 1. The molecule has 0 aliphatic rings. The van der Waals surface area contributed by atoms with Gasteiger partial charge in [0.1, 0.15) is 5.75 Å². The van der Waals surface area contributed by atoms with Crippen molar-refractivity contribution >= 4 is 29.3 Å². The second-order valence-electron chi connectivity index (χ2n) is 8.47. The average Bonchev–Trinajstić information content (AvgIpc) is 3.30. The van der Waals surface area contributed by atoms with E-state index in [1.165, 1.54) is 11.8 Å². The van der Waals surface area contributed by atoms with Crippen molar-refractivity contribution in [1.82, 2.24) is 20.1 Å². The Balaban J connectivity index is 1.46. The van der Waals surface area contributed by atoms with Crippen LogP contribution in [0.4, 0.5) is 5.69 Å². The fourth-order valence-corrected chi connectivity index (χ4v) is 4.44. The maximum atomic E-state index is 12.7. The van der Waals surface area contributed by atoms with Crippen LogP contribution < -0.4 is 15.4 Å².